The lowest BCUT2D eigenvalue weighted by Crippen LogP contribution is -2.56. The lowest BCUT2D eigenvalue weighted by molar-refractivity contribution is 0.0184. The van der Waals surface area contributed by atoms with Crippen LogP contribution >= 0.6 is 17.2 Å². The van der Waals surface area contributed by atoms with E-state index < -0.39 is 0 Å². The summed E-state index contributed by atoms with van der Waals surface area (Å²) in [7, 11) is 3.43. The molecule has 0 N–H and O–H groups in total. The van der Waals surface area contributed by atoms with Crippen molar-refractivity contribution >= 4 is 17.2 Å². The fourth-order valence-electron chi connectivity index (χ4n) is 13.3. The van der Waals surface area contributed by atoms with Crippen LogP contribution < -0.4 is 0 Å². The predicted molar refractivity (Wildman–Crippen MR) is 188 cm³/mol. The molecule has 0 spiro atoms. The van der Waals surface area contributed by atoms with Gasteiger partial charge in [-0.3, -0.25) is 0 Å². The summed E-state index contributed by atoms with van der Waals surface area (Å²) >= 11 is 0. The normalized spacial score (nSPS) is 40.1. The minimum atomic E-state index is -0.0777. The van der Waals surface area contributed by atoms with E-state index in [0.29, 0.717) is 10.3 Å². The van der Waals surface area contributed by atoms with Crippen LogP contribution in [-0.4, -0.2) is 10.3 Å². The summed E-state index contributed by atoms with van der Waals surface area (Å²) in [5.41, 5.74) is 5.48. The van der Waals surface area contributed by atoms with Crippen molar-refractivity contribution in [3.63, 3.8) is 0 Å². The topological polar surface area (TPSA) is 0 Å². The molecule has 1 aromatic rings. The number of hydrogen-bond acceptors (Lipinski definition) is 0. The first-order valence-corrected chi connectivity index (χ1v) is 20.2. The molecule has 0 aromatic heterocycles. The Bertz CT molecular complexity index is 1070. The first-order valence-electron chi connectivity index (χ1n) is 18.1. The Morgan fingerprint density at radius 2 is 0.976 bits per heavy atom. The van der Waals surface area contributed by atoms with E-state index in [1.165, 1.54) is 6.16 Å². The monoisotopic (exact) mass is 606 g/mol. The molecular weight excluding hydrogens is 542 g/mol. The summed E-state index contributed by atoms with van der Waals surface area (Å²) in [4.78, 5) is 0. The van der Waals surface area contributed by atoms with Crippen LogP contribution in [0.15, 0.2) is 18.2 Å². The molecule has 1 aromatic carbocycles. The van der Waals surface area contributed by atoms with Crippen molar-refractivity contribution in [2.75, 3.05) is 0 Å². The highest BCUT2D eigenvalue weighted by molar-refractivity contribution is 7.60. The Labute approximate surface area is 264 Å². The van der Waals surface area contributed by atoms with Crippen molar-refractivity contribution in [3.05, 3.63) is 34.9 Å². The van der Waals surface area contributed by atoms with E-state index in [2.05, 4.69) is 89.8 Å². The molecule has 42 heavy (non-hydrogen) atoms. The van der Waals surface area contributed by atoms with Crippen LogP contribution in [0.3, 0.4) is 0 Å². The number of benzene rings is 1. The molecule has 8 fully saturated rings. The van der Waals surface area contributed by atoms with Crippen LogP contribution in [0.4, 0.5) is 0 Å². The highest BCUT2D eigenvalue weighted by atomic mass is 31.1. The Morgan fingerprint density at radius 3 is 1.29 bits per heavy atom. The average molecular weight is 607 g/mol. The minimum absolute atomic E-state index is 0.0235. The van der Waals surface area contributed by atoms with Crippen molar-refractivity contribution < 1.29 is 0 Å². The van der Waals surface area contributed by atoms with Gasteiger partial charge in [-0.15, -0.1) is 9.24 Å². The minimum Gasteiger partial charge on any atom is -0.125 e. The Balaban J connectivity index is 1.40. The van der Waals surface area contributed by atoms with E-state index in [9.17, 15) is 0 Å². The van der Waals surface area contributed by atoms with E-state index in [0.717, 1.165) is 35.5 Å². The van der Waals surface area contributed by atoms with Gasteiger partial charge in [0.05, 0.1) is 0 Å². The van der Waals surface area contributed by atoms with Crippen LogP contribution in [0.25, 0.3) is 0 Å². The molecule has 1 unspecified atom stereocenters. The molecule has 0 heterocycles. The number of hydrogen-bond donors (Lipinski definition) is 0. The number of rotatable bonds is 5. The van der Waals surface area contributed by atoms with Crippen molar-refractivity contribution in [3.8, 4) is 0 Å². The fraction of sp³-hybridized carbons (Fsp3) is 0.850. The zero-order valence-electron chi connectivity index (χ0n) is 28.9. The van der Waals surface area contributed by atoms with Crippen LogP contribution in [-0.2, 0) is 16.7 Å². The predicted octanol–water partition coefficient (Wildman–Crippen LogP) is 12.1. The SMILES string of the molecule is CC(C)(C)c1ccc(C(P)(C(C)(C)C)C(C)(C)C)c(CP(C23CC4CC(CC(C4)C2)C3)C23CC4CC(CC(C4)C2)C3)c1. The molecule has 8 aliphatic rings. The molecule has 2 heteroatoms. The van der Waals surface area contributed by atoms with Gasteiger partial charge in [0.15, 0.2) is 0 Å². The molecule has 0 aliphatic heterocycles. The third-order valence-corrected chi connectivity index (χ3v) is 20.3. The van der Waals surface area contributed by atoms with E-state index in [-0.39, 0.29) is 29.3 Å². The zero-order valence-corrected chi connectivity index (χ0v) is 31.0. The van der Waals surface area contributed by atoms with E-state index in [1.807, 2.05) is 0 Å². The standard InChI is InChI=1S/C40H64P2/c1-35(2,3)33-10-11-34(40(41,36(4,5)6)37(7,8)9)32(18-33)25-42(38-19-26-12-27(20-38)14-28(13-26)21-38)39-22-29-15-30(23-39)17-31(16-29)24-39/h10-11,18,26-31H,12-17,19-25,41H2,1-9H3. The largest absolute Gasteiger partial charge is 0.125 e. The molecule has 1 atom stereocenters. The first kappa shape index (κ1) is 30.7. The quantitative estimate of drug-likeness (QED) is 0.293. The molecule has 0 radical (unpaired) electrons. The highest BCUT2D eigenvalue weighted by Crippen LogP contribution is 2.80. The molecule has 0 saturated heterocycles. The molecule has 8 saturated carbocycles. The maximum atomic E-state index is 3.50. The van der Waals surface area contributed by atoms with Crippen molar-refractivity contribution in [1.82, 2.24) is 0 Å². The summed E-state index contributed by atoms with van der Waals surface area (Å²) in [5, 5.41) is 1.38. The van der Waals surface area contributed by atoms with Gasteiger partial charge >= 0.3 is 0 Å². The lowest BCUT2D eigenvalue weighted by atomic mass is 9.55. The van der Waals surface area contributed by atoms with Gasteiger partial charge in [-0.2, -0.15) is 0 Å². The molecule has 234 valence electrons. The third kappa shape index (κ3) is 4.79. The van der Waals surface area contributed by atoms with Crippen LogP contribution in [0.1, 0.15) is 156 Å². The summed E-state index contributed by atoms with van der Waals surface area (Å²) in [6.45, 7) is 22.4. The Hall–Kier alpha value is 0.0800. The molecule has 8 bridgehead atoms. The Kier molecular flexibility index (Phi) is 7.16. The van der Waals surface area contributed by atoms with Crippen molar-refractivity contribution in [2.45, 2.75) is 166 Å². The molecule has 8 aliphatic carbocycles. The average Bonchev–Trinajstić information content (AvgIpc) is 2.83. The van der Waals surface area contributed by atoms with E-state index >= 15 is 0 Å². The van der Waals surface area contributed by atoms with Crippen molar-refractivity contribution in [1.29, 1.82) is 0 Å². The Morgan fingerprint density at radius 1 is 0.619 bits per heavy atom. The van der Waals surface area contributed by atoms with Crippen LogP contribution in [0.5, 0.6) is 0 Å². The molecular formula is C40H64P2. The fourth-order valence-corrected chi connectivity index (χ4v) is 18.7. The van der Waals surface area contributed by atoms with E-state index in [4.69, 9.17) is 0 Å². The smallest absolute Gasteiger partial charge is 0.0196 e. The maximum absolute atomic E-state index is 3.50. The lowest BCUT2D eigenvalue weighted by Gasteiger charge is -2.68. The second-order valence-corrected chi connectivity index (χ2v) is 24.2. The highest BCUT2D eigenvalue weighted by Gasteiger charge is 2.63. The maximum Gasteiger partial charge on any atom is 0.0196 e. The molecule has 0 nitrogen and oxygen atoms in total. The van der Waals surface area contributed by atoms with Crippen LogP contribution in [0.2, 0.25) is 0 Å². The first-order chi connectivity index (χ1) is 19.4. The van der Waals surface area contributed by atoms with Gasteiger partial charge in [0.25, 0.3) is 0 Å². The van der Waals surface area contributed by atoms with Gasteiger partial charge in [-0.25, -0.2) is 0 Å². The van der Waals surface area contributed by atoms with Gasteiger partial charge in [-0.05, 0) is 162 Å². The molecule has 0 amide bonds. The van der Waals surface area contributed by atoms with Gasteiger partial charge in [0.2, 0.25) is 0 Å². The van der Waals surface area contributed by atoms with Gasteiger partial charge in [0.1, 0.15) is 0 Å². The van der Waals surface area contributed by atoms with E-state index in [1.54, 1.807) is 93.7 Å². The summed E-state index contributed by atoms with van der Waals surface area (Å²) in [5.74, 6) is 6.34. The van der Waals surface area contributed by atoms with Gasteiger partial charge in [-0.1, -0.05) is 88.4 Å². The molecule has 9 rings (SSSR count). The third-order valence-electron chi connectivity index (χ3n) is 14.2. The summed E-state index contributed by atoms with van der Waals surface area (Å²) < 4.78 is 0. The van der Waals surface area contributed by atoms with Gasteiger partial charge in [0, 0.05) is 5.16 Å². The second kappa shape index (κ2) is 9.80. The van der Waals surface area contributed by atoms with Gasteiger partial charge < -0.3 is 0 Å². The zero-order chi connectivity index (χ0) is 30.1. The summed E-state index contributed by atoms with van der Waals surface area (Å²) in [6, 6.07) is 7.92. The summed E-state index contributed by atoms with van der Waals surface area (Å²) in [6.07, 6.45) is 20.5. The second-order valence-electron chi connectivity index (χ2n) is 20.3. The van der Waals surface area contributed by atoms with Crippen LogP contribution in [0, 0.1) is 46.3 Å². The van der Waals surface area contributed by atoms with Crippen molar-refractivity contribution in [2.24, 2.45) is 46.3 Å².